The van der Waals surface area contributed by atoms with Gasteiger partial charge in [0.15, 0.2) is 5.78 Å². The van der Waals surface area contributed by atoms with Crippen LogP contribution in [0, 0.1) is 50.2 Å². The third kappa shape index (κ3) is 2.81. The summed E-state index contributed by atoms with van der Waals surface area (Å²) in [6.07, 6.45) is 9.95. The van der Waals surface area contributed by atoms with Crippen molar-refractivity contribution < 1.29 is 19.8 Å². The van der Waals surface area contributed by atoms with Gasteiger partial charge in [-0.05, 0) is 110 Å². The Bertz CT molecular complexity index is 965. The summed E-state index contributed by atoms with van der Waals surface area (Å²) in [7, 11) is 0. The highest BCUT2D eigenvalue weighted by Gasteiger charge is 2.70. The molecule has 190 valence electrons. The lowest BCUT2D eigenvalue weighted by Crippen LogP contribution is -2.66. The fraction of sp³-hybridized carbons (Fsp3) is 0.867. The number of carboxylic acids is 1. The number of carboxylic acid groups (broad SMARTS) is 1. The molecule has 0 saturated heterocycles. The molecule has 0 unspecified atom stereocenters. The van der Waals surface area contributed by atoms with Gasteiger partial charge in [0, 0.05) is 5.92 Å². The van der Waals surface area contributed by atoms with Crippen LogP contribution in [-0.2, 0) is 9.59 Å². The summed E-state index contributed by atoms with van der Waals surface area (Å²) in [5, 5.41) is 20.9. The standard InChI is InChI=1S/C30H46O4/c1-25(2)21-8-11-30(7)23(28(21,5)10-9-22(25)32)20(31)16-18-19-17-27(4,24(33)34)13-12-26(19,3)14-15-29(18,30)6/h16,19,21-23,32H,8-15,17H2,1-7H3,(H,33,34)/t19-,21+,22+,23+,26+,27+,28-,29+,30+/m1/s1. The highest BCUT2D eigenvalue weighted by atomic mass is 16.4. The van der Waals surface area contributed by atoms with E-state index in [-0.39, 0.29) is 50.8 Å². The molecule has 5 aliphatic carbocycles. The molecule has 0 heterocycles. The van der Waals surface area contributed by atoms with E-state index < -0.39 is 11.4 Å². The van der Waals surface area contributed by atoms with Gasteiger partial charge < -0.3 is 10.2 Å². The Labute approximate surface area is 206 Å². The minimum atomic E-state index is -0.711. The number of hydrogen-bond donors (Lipinski definition) is 2. The Morgan fingerprint density at radius 1 is 0.912 bits per heavy atom. The molecule has 4 heteroatoms. The van der Waals surface area contributed by atoms with Crippen LogP contribution in [0.5, 0.6) is 0 Å². The Kier molecular flexibility index (Phi) is 5.04. The van der Waals surface area contributed by atoms with Crippen molar-refractivity contribution in [1.29, 1.82) is 0 Å². The van der Waals surface area contributed by atoms with Gasteiger partial charge in [-0.15, -0.1) is 0 Å². The molecule has 2 N–H and O–H groups in total. The number of aliphatic hydroxyl groups excluding tert-OH is 1. The number of rotatable bonds is 1. The van der Waals surface area contributed by atoms with E-state index in [1.807, 2.05) is 13.0 Å². The molecule has 5 aliphatic rings. The van der Waals surface area contributed by atoms with Crippen LogP contribution in [0.4, 0.5) is 0 Å². The number of aliphatic hydroxyl groups is 1. The van der Waals surface area contributed by atoms with Gasteiger partial charge in [-0.3, -0.25) is 9.59 Å². The molecular weight excluding hydrogens is 424 g/mol. The highest BCUT2D eigenvalue weighted by molar-refractivity contribution is 5.95. The second-order valence-electron chi connectivity index (χ2n) is 14.9. The SMILES string of the molecule is CC1(C)[C@@H](O)CC[C@]2(C)[C@H]1CC[C@@]1(C)[C@H]2C(=O)C=C2[C@H]3C[C@@](C)(C(=O)O)CC[C@@]3(C)CC[C@@]21C. The van der Waals surface area contributed by atoms with Gasteiger partial charge in [-0.2, -0.15) is 0 Å². The number of carbonyl (C=O) groups excluding carboxylic acids is 1. The van der Waals surface area contributed by atoms with Crippen molar-refractivity contribution in [2.24, 2.45) is 50.2 Å². The van der Waals surface area contributed by atoms with Crippen LogP contribution in [0.25, 0.3) is 0 Å². The molecule has 4 fully saturated rings. The van der Waals surface area contributed by atoms with E-state index in [0.717, 1.165) is 51.4 Å². The van der Waals surface area contributed by atoms with Gasteiger partial charge >= 0.3 is 5.97 Å². The Morgan fingerprint density at radius 2 is 1.56 bits per heavy atom. The Balaban J connectivity index is 1.62. The summed E-state index contributed by atoms with van der Waals surface area (Å²) in [5.74, 6) is 0.0603. The molecule has 0 aromatic heterocycles. The van der Waals surface area contributed by atoms with Crippen LogP contribution < -0.4 is 0 Å². The van der Waals surface area contributed by atoms with E-state index in [0.29, 0.717) is 12.3 Å². The summed E-state index contributed by atoms with van der Waals surface area (Å²) in [4.78, 5) is 26.4. The summed E-state index contributed by atoms with van der Waals surface area (Å²) in [6.45, 7) is 15.8. The van der Waals surface area contributed by atoms with Crippen molar-refractivity contribution in [2.45, 2.75) is 112 Å². The van der Waals surface area contributed by atoms with E-state index in [1.54, 1.807) is 0 Å². The minimum absolute atomic E-state index is 0.0296. The Morgan fingerprint density at radius 3 is 2.21 bits per heavy atom. The van der Waals surface area contributed by atoms with Crippen molar-refractivity contribution in [2.75, 3.05) is 0 Å². The average molecular weight is 471 g/mol. The predicted octanol–water partition coefficient (Wildman–Crippen LogP) is 6.41. The summed E-state index contributed by atoms with van der Waals surface area (Å²) in [5.41, 5.74) is 0.142. The normalized spacial score (nSPS) is 54.1. The fourth-order valence-electron chi connectivity index (χ4n) is 10.4. The minimum Gasteiger partial charge on any atom is -0.481 e. The first-order valence-electron chi connectivity index (χ1n) is 13.7. The molecule has 0 aliphatic heterocycles. The van der Waals surface area contributed by atoms with E-state index in [1.165, 1.54) is 5.57 Å². The predicted molar refractivity (Wildman–Crippen MR) is 133 cm³/mol. The van der Waals surface area contributed by atoms with E-state index in [4.69, 9.17) is 0 Å². The lowest BCUT2D eigenvalue weighted by molar-refractivity contribution is -0.202. The smallest absolute Gasteiger partial charge is 0.309 e. The number of carbonyl (C=O) groups is 2. The van der Waals surface area contributed by atoms with Gasteiger partial charge in [-0.25, -0.2) is 0 Å². The quantitative estimate of drug-likeness (QED) is 0.464. The van der Waals surface area contributed by atoms with Gasteiger partial charge in [0.25, 0.3) is 0 Å². The maximum atomic E-state index is 14.2. The molecule has 5 rings (SSSR count). The zero-order chi connectivity index (χ0) is 25.1. The molecule has 4 saturated carbocycles. The second-order valence-corrected chi connectivity index (χ2v) is 14.9. The monoisotopic (exact) mass is 470 g/mol. The van der Waals surface area contributed by atoms with Gasteiger partial charge in [0.05, 0.1) is 11.5 Å². The fourth-order valence-corrected chi connectivity index (χ4v) is 10.4. The third-order valence-corrected chi connectivity index (χ3v) is 13.1. The molecule has 0 aromatic rings. The summed E-state index contributed by atoms with van der Waals surface area (Å²) in [6, 6.07) is 0. The van der Waals surface area contributed by atoms with Crippen molar-refractivity contribution in [3.63, 3.8) is 0 Å². The molecule has 0 aromatic carbocycles. The number of allylic oxidation sites excluding steroid dienone is 2. The van der Waals surface area contributed by atoms with Crippen LogP contribution >= 0.6 is 0 Å². The van der Waals surface area contributed by atoms with Gasteiger partial charge in [-0.1, -0.05) is 47.1 Å². The molecule has 0 amide bonds. The molecule has 4 nitrogen and oxygen atoms in total. The van der Waals surface area contributed by atoms with Crippen molar-refractivity contribution in [3.05, 3.63) is 11.6 Å². The van der Waals surface area contributed by atoms with E-state index in [9.17, 15) is 19.8 Å². The van der Waals surface area contributed by atoms with Crippen LogP contribution in [0.3, 0.4) is 0 Å². The molecule has 0 spiro atoms. The first-order valence-corrected chi connectivity index (χ1v) is 13.7. The van der Waals surface area contributed by atoms with Crippen LogP contribution in [-0.4, -0.2) is 28.1 Å². The van der Waals surface area contributed by atoms with Crippen molar-refractivity contribution in [1.82, 2.24) is 0 Å². The lowest BCUT2D eigenvalue weighted by atomic mass is 9.33. The van der Waals surface area contributed by atoms with Gasteiger partial charge in [0.2, 0.25) is 0 Å². The zero-order valence-corrected chi connectivity index (χ0v) is 22.5. The maximum absolute atomic E-state index is 14.2. The Hall–Kier alpha value is -1.16. The first kappa shape index (κ1) is 24.5. The zero-order valence-electron chi connectivity index (χ0n) is 22.5. The molecule has 34 heavy (non-hydrogen) atoms. The second kappa shape index (κ2) is 6.99. The molecule has 9 atom stereocenters. The molecule has 0 bridgehead atoms. The number of aliphatic carboxylic acids is 1. The highest BCUT2D eigenvalue weighted by Crippen LogP contribution is 2.75. The third-order valence-electron chi connectivity index (χ3n) is 13.1. The van der Waals surface area contributed by atoms with Crippen molar-refractivity contribution >= 4 is 11.8 Å². The average Bonchev–Trinajstić information content (AvgIpc) is 2.73. The topological polar surface area (TPSA) is 74.6 Å². The lowest BCUT2D eigenvalue weighted by Gasteiger charge is -2.70. The van der Waals surface area contributed by atoms with E-state index >= 15 is 0 Å². The summed E-state index contributed by atoms with van der Waals surface area (Å²) >= 11 is 0. The summed E-state index contributed by atoms with van der Waals surface area (Å²) < 4.78 is 0. The van der Waals surface area contributed by atoms with Crippen LogP contribution in [0.2, 0.25) is 0 Å². The molecule has 0 radical (unpaired) electrons. The first-order chi connectivity index (χ1) is 15.6. The number of fused-ring (bicyclic) bond motifs is 7. The molecular formula is C30H46O4. The van der Waals surface area contributed by atoms with Gasteiger partial charge in [0.1, 0.15) is 0 Å². The largest absolute Gasteiger partial charge is 0.481 e. The van der Waals surface area contributed by atoms with E-state index in [2.05, 4.69) is 41.5 Å². The van der Waals surface area contributed by atoms with Crippen LogP contribution in [0.15, 0.2) is 11.6 Å². The maximum Gasteiger partial charge on any atom is 0.309 e. The van der Waals surface area contributed by atoms with Crippen LogP contribution in [0.1, 0.15) is 106 Å². The van der Waals surface area contributed by atoms with Crippen molar-refractivity contribution in [3.8, 4) is 0 Å². The number of ketones is 1. The number of hydrogen-bond acceptors (Lipinski definition) is 3.